The van der Waals surface area contributed by atoms with Crippen LogP contribution in [0.3, 0.4) is 0 Å². The molecule has 1 heterocycles. The molecule has 3 aromatic rings. The van der Waals surface area contributed by atoms with E-state index in [2.05, 4.69) is 21.1 Å². The number of nitro benzene ring substituents is 2. The molecular weight excluding hydrogens is 540 g/mol. The third-order valence-corrected chi connectivity index (χ3v) is 8.19. The summed E-state index contributed by atoms with van der Waals surface area (Å²) in [5, 5.41) is 30.3. The van der Waals surface area contributed by atoms with Gasteiger partial charge in [-0.1, -0.05) is 24.3 Å². The summed E-state index contributed by atoms with van der Waals surface area (Å²) >= 11 is 4.32. The molecule has 0 aliphatic rings. The summed E-state index contributed by atoms with van der Waals surface area (Å²) < 4.78 is 1.69. The normalized spacial score (nSPS) is 11.1. The molecule has 1 aromatic heterocycles. The zero-order valence-corrected chi connectivity index (χ0v) is 21.7. The Kier molecular flexibility index (Phi) is 9.48. The van der Waals surface area contributed by atoms with E-state index in [-0.39, 0.29) is 22.5 Å². The van der Waals surface area contributed by atoms with Gasteiger partial charge in [-0.25, -0.2) is 10.9 Å². The Hall–Kier alpha value is -4.08. The number of nitro groups is 2. The molecule has 0 saturated carbocycles. The van der Waals surface area contributed by atoms with Crippen molar-refractivity contribution in [2.24, 2.45) is 10.2 Å². The van der Waals surface area contributed by atoms with Crippen molar-refractivity contribution < 1.29 is 19.4 Å². The van der Waals surface area contributed by atoms with Gasteiger partial charge in [-0.2, -0.15) is 10.2 Å². The maximum Gasteiger partial charge on any atom is 0.282 e. The summed E-state index contributed by atoms with van der Waals surface area (Å²) in [4.78, 5) is 46.0. The second-order valence-electron chi connectivity index (χ2n) is 6.86. The lowest BCUT2D eigenvalue weighted by Crippen LogP contribution is -2.19. The van der Waals surface area contributed by atoms with Crippen molar-refractivity contribution >= 4 is 70.5 Å². The molecule has 190 valence electrons. The molecule has 15 heteroatoms. The van der Waals surface area contributed by atoms with E-state index in [1.807, 2.05) is 12.5 Å². The van der Waals surface area contributed by atoms with E-state index in [1.54, 1.807) is 0 Å². The highest BCUT2D eigenvalue weighted by Crippen LogP contribution is 2.38. The molecular formula is C22H18N6O6S3. The monoisotopic (exact) mass is 558 g/mol. The summed E-state index contributed by atoms with van der Waals surface area (Å²) in [5.41, 5.74) is 4.85. The van der Waals surface area contributed by atoms with Crippen molar-refractivity contribution in [1.82, 2.24) is 10.9 Å². The van der Waals surface area contributed by atoms with Gasteiger partial charge in [0.2, 0.25) is 0 Å². The fourth-order valence-corrected chi connectivity index (χ4v) is 5.85. The Balaban J connectivity index is 1.83. The number of hydrogen-bond donors (Lipinski definition) is 2. The minimum absolute atomic E-state index is 0.135. The fourth-order valence-electron chi connectivity index (χ4n) is 3.04. The van der Waals surface area contributed by atoms with Gasteiger partial charge in [-0.3, -0.25) is 29.8 Å². The van der Waals surface area contributed by atoms with Crippen LogP contribution in [-0.4, -0.2) is 46.6 Å². The number of carbonyl (C=O) groups is 2. The first-order chi connectivity index (χ1) is 17.8. The molecule has 2 N–H and O–H groups in total. The predicted octanol–water partition coefficient (Wildman–Crippen LogP) is 4.54. The fraction of sp³-hybridized carbons (Fsp3) is 0.0909. The molecule has 0 spiro atoms. The summed E-state index contributed by atoms with van der Waals surface area (Å²) in [5.74, 6) is -1.50. The molecule has 37 heavy (non-hydrogen) atoms. The van der Waals surface area contributed by atoms with Gasteiger partial charge in [0.25, 0.3) is 23.2 Å². The van der Waals surface area contributed by atoms with Crippen LogP contribution >= 0.6 is 34.9 Å². The van der Waals surface area contributed by atoms with Crippen LogP contribution in [0.5, 0.6) is 0 Å². The summed E-state index contributed by atoms with van der Waals surface area (Å²) in [6.45, 7) is 0. The molecule has 2 amide bonds. The third-order valence-electron chi connectivity index (χ3n) is 4.70. The highest BCUT2D eigenvalue weighted by molar-refractivity contribution is 8.02. The molecule has 0 bridgehead atoms. The maximum absolute atomic E-state index is 12.5. The average Bonchev–Trinajstić information content (AvgIpc) is 3.24. The zero-order chi connectivity index (χ0) is 26.9. The van der Waals surface area contributed by atoms with Crippen LogP contribution in [0.1, 0.15) is 31.8 Å². The summed E-state index contributed by atoms with van der Waals surface area (Å²) in [6, 6.07) is 11.0. The van der Waals surface area contributed by atoms with Gasteiger partial charge < -0.3 is 0 Å². The minimum atomic E-state index is -0.749. The van der Waals surface area contributed by atoms with Gasteiger partial charge in [-0.05, 0) is 24.6 Å². The van der Waals surface area contributed by atoms with Crippen LogP contribution in [0.15, 0.2) is 67.2 Å². The van der Waals surface area contributed by atoms with E-state index < -0.39 is 21.7 Å². The standard InChI is InChI=1S/C22H18N6O6S3/c1-35-21-15(11-23-25-19(29)13-7-3-5-9-17(13)27(31)32)16(22(36-2)37-21)12-24-26-20(30)14-8-4-6-10-18(14)28(33)34/h3-12H,1-2H3,(H,25,29)(H,26,30). The van der Waals surface area contributed by atoms with Crippen LogP contribution in [0.2, 0.25) is 0 Å². The van der Waals surface area contributed by atoms with Crippen molar-refractivity contribution in [2.45, 2.75) is 8.42 Å². The van der Waals surface area contributed by atoms with Crippen molar-refractivity contribution in [1.29, 1.82) is 0 Å². The Morgan fingerprint density at radius 1 is 0.784 bits per heavy atom. The number of thioether (sulfide) groups is 2. The van der Waals surface area contributed by atoms with Crippen LogP contribution in [0, 0.1) is 20.2 Å². The van der Waals surface area contributed by atoms with E-state index in [1.165, 1.54) is 95.8 Å². The highest BCUT2D eigenvalue weighted by Gasteiger charge is 2.20. The Labute approximate surface area is 222 Å². The molecule has 2 aromatic carbocycles. The number of nitrogens with one attached hydrogen (secondary N) is 2. The quantitative estimate of drug-likeness (QED) is 0.158. The molecule has 0 aliphatic carbocycles. The van der Waals surface area contributed by atoms with Crippen LogP contribution < -0.4 is 10.9 Å². The topological polar surface area (TPSA) is 169 Å². The van der Waals surface area contributed by atoms with Gasteiger partial charge >= 0.3 is 0 Å². The Bertz CT molecular complexity index is 1320. The SMILES string of the molecule is CSc1sc(SC)c(C=NNC(=O)c2ccccc2[N+](=O)[O-])c1C=NNC(=O)c1ccccc1[N+](=O)[O-]. The third kappa shape index (κ3) is 6.58. The lowest BCUT2D eigenvalue weighted by Gasteiger charge is -2.03. The van der Waals surface area contributed by atoms with Crippen molar-refractivity contribution in [3.05, 3.63) is 91.0 Å². The van der Waals surface area contributed by atoms with E-state index in [4.69, 9.17) is 0 Å². The van der Waals surface area contributed by atoms with E-state index >= 15 is 0 Å². The number of carbonyl (C=O) groups excluding carboxylic acids is 2. The minimum Gasteiger partial charge on any atom is -0.267 e. The summed E-state index contributed by atoms with van der Waals surface area (Å²) in [7, 11) is 0. The first-order valence-corrected chi connectivity index (χ1v) is 13.4. The number of amides is 2. The number of hydrogen-bond acceptors (Lipinski definition) is 11. The maximum atomic E-state index is 12.5. The number of nitrogens with zero attached hydrogens (tertiary/aromatic N) is 4. The highest BCUT2D eigenvalue weighted by atomic mass is 32.2. The van der Waals surface area contributed by atoms with Crippen LogP contribution in [-0.2, 0) is 0 Å². The Morgan fingerprint density at radius 2 is 1.16 bits per heavy atom. The largest absolute Gasteiger partial charge is 0.282 e. The Morgan fingerprint density at radius 3 is 1.51 bits per heavy atom. The smallest absolute Gasteiger partial charge is 0.267 e. The lowest BCUT2D eigenvalue weighted by molar-refractivity contribution is -0.385. The lowest BCUT2D eigenvalue weighted by atomic mass is 10.2. The van der Waals surface area contributed by atoms with E-state index in [0.29, 0.717) is 11.1 Å². The average molecular weight is 559 g/mol. The molecule has 0 radical (unpaired) electrons. The van der Waals surface area contributed by atoms with Crippen LogP contribution in [0.25, 0.3) is 0 Å². The first kappa shape index (κ1) is 27.5. The number of hydrazone groups is 2. The van der Waals surface area contributed by atoms with Crippen molar-refractivity contribution in [2.75, 3.05) is 12.5 Å². The molecule has 0 unspecified atom stereocenters. The van der Waals surface area contributed by atoms with Crippen molar-refractivity contribution in [3.63, 3.8) is 0 Å². The molecule has 12 nitrogen and oxygen atoms in total. The molecule has 0 saturated heterocycles. The molecule has 0 fully saturated rings. The predicted molar refractivity (Wildman–Crippen MR) is 144 cm³/mol. The number of benzene rings is 2. The van der Waals surface area contributed by atoms with Crippen LogP contribution in [0.4, 0.5) is 11.4 Å². The second-order valence-corrected chi connectivity index (χ2v) is 10.0. The van der Waals surface area contributed by atoms with Gasteiger partial charge in [0.1, 0.15) is 11.1 Å². The van der Waals surface area contributed by atoms with E-state index in [9.17, 15) is 29.8 Å². The first-order valence-electron chi connectivity index (χ1n) is 10.2. The van der Waals surface area contributed by atoms with Gasteiger partial charge in [0, 0.05) is 23.3 Å². The number of para-hydroxylation sites is 2. The number of thiophene rings is 1. The zero-order valence-electron chi connectivity index (χ0n) is 19.2. The second kappa shape index (κ2) is 12.8. The molecule has 0 aliphatic heterocycles. The van der Waals surface area contributed by atoms with Gasteiger partial charge in [-0.15, -0.1) is 34.9 Å². The summed E-state index contributed by atoms with van der Waals surface area (Å²) in [6.07, 6.45) is 6.49. The van der Waals surface area contributed by atoms with Gasteiger partial charge in [0.05, 0.1) is 30.7 Å². The van der Waals surface area contributed by atoms with E-state index in [0.717, 1.165) is 8.42 Å². The molecule has 3 rings (SSSR count). The number of rotatable bonds is 10. The molecule has 0 atom stereocenters. The van der Waals surface area contributed by atoms with Gasteiger partial charge in [0.15, 0.2) is 0 Å². The van der Waals surface area contributed by atoms with Crippen molar-refractivity contribution in [3.8, 4) is 0 Å².